The number of rotatable bonds is 5. The van der Waals surface area contributed by atoms with Crippen LogP contribution in [0.2, 0.25) is 10.0 Å². The molecular weight excluding hydrogens is 371 g/mol. The lowest BCUT2D eigenvalue weighted by Crippen LogP contribution is -2.14. The summed E-state index contributed by atoms with van der Waals surface area (Å²) in [6, 6.07) is 6.55. The van der Waals surface area contributed by atoms with Crippen LogP contribution in [0, 0.1) is 6.92 Å². The minimum atomic E-state index is -0.326. The molecule has 0 aliphatic heterocycles. The van der Waals surface area contributed by atoms with Gasteiger partial charge in [0, 0.05) is 22.3 Å². The Kier molecular flexibility index (Phi) is 5.03. The maximum absolute atomic E-state index is 12.1. The smallest absolute Gasteiger partial charge is 0.277 e. The van der Waals surface area contributed by atoms with Crippen LogP contribution in [0.25, 0.3) is 0 Å². The van der Waals surface area contributed by atoms with E-state index in [0.717, 1.165) is 4.88 Å². The highest BCUT2D eigenvalue weighted by atomic mass is 35.5. The number of amides is 1. The number of ether oxygens (including phenoxy) is 1. The minimum absolute atomic E-state index is 0.116. The zero-order chi connectivity index (χ0) is 17.1. The van der Waals surface area contributed by atoms with Crippen molar-refractivity contribution in [2.45, 2.75) is 13.7 Å². The van der Waals surface area contributed by atoms with Gasteiger partial charge in [0.1, 0.15) is 5.75 Å². The quantitative estimate of drug-likeness (QED) is 0.716. The Morgan fingerprint density at radius 2 is 2.21 bits per heavy atom. The van der Waals surface area contributed by atoms with Gasteiger partial charge in [-0.3, -0.25) is 10.1 Å². The molecule has 124 valence electrons. The fourth-order valence-corrected chi connectivity index (χ4v) is 2.98. The predicted octanol–water partition coefficient (Wildman–Crippen LogP) is 4.24. The van der Waals surface area contributed by atoms with E-state index in [1.165, 1.54) is 16.0 Å². The lowest BCUT2D eigenvalue weighted by atomic mass is 10.3. The highest BCUT2D eigenvalue weighted by molar-refractivity contribution is 7.15. The summed E-state index contributed by atoms with van der Waals surface area (Å²) in [6.45, 7) is 2.03. The molecule has 3 rings (SSSR count). The van der Waals surface area contributed by atoms with Gasteiger partial charge in [-0.1, -0.05) is 23.2 Å². The SMILES string of the molecule is Cc1cnc(NC(=O)c2ccn(COc3ccc(Cl)cc3Cl)n2)s1. The van der Waals surface area contributed by atoms with Crippen LogP contribution in [0.15, 0.2) is 36.7 Å². The van der Waals surface area contributed by atoms with Gasteiger partial charge in [-0.25, -0.2) is 9.67 Å². The molecule has 0 bridgehead atoms. The van der Waals surface area contributed by atoms with Crippen LogP contribution in [0.3, 0.4) is 0 Å². The number of aryl methyl sites for hydroxylation is 1. The van der Waals surface area contributed by atoms with Crippen molar-refractivity contribution in [3.8, 4) is 5.75 Å². The van der Waals surface area contributed by atoms with Gasteiger partial charge in [-0.15, -0.1) is 11.3 Å². The number of thiazole rings is 1. The summed E-state index contributed by atoms with van der Waals surface area (Å²) in [5, 5.41) is 8.34. The number of hydrogen-bond acceptors (Lipinski definition) is 5. The molecule has 0 saturated carbocycles. The van der Waals surface area contributed by atoms with E-state index in [0.29, 0.717) is 20.9 Å². The van der Waals surface area contributed by atoms with Gasteiger partial charge in [0.25, 0.3) is 5.91 Å². The highest BCUT2D eigenvalue weighted by Crippen LogP contribution is 2.27. The number of halogens is 2. The number of nitrogens with zero attached hydrogens (tertiary/aromatic N) is 3. The molecule has 0 aliphatic carbocycles. The normalized spacial score (nSPS) is 10.6. The highest BCUT2D eigenvalue weighted by Gasteiger charge is 2.12. The third-order valence-corrected chi connectivity index (χ3v) is 4.32. The van der Waals surface area contributed by atoms with E-state index in [1.807, 2.05) is 6.92 Å². The van der Waals surface area contributed by atoms with Gasteiger partial charge in [0.05, 0.1) is 5.02 Å². The number of anilines is 1. The molecule has 1 amide bonds. The number of benzene rings is 1. The summed E-state index contributed by atoms with van der Waals surface area (Å²) in [7, 11) is 0. The van der Waals surface area contributed by atoms with E-state index in [2.05, 4.69) is 15.4 Å². The topological polar surface area (TPSA) is 69.0 Å². The molecule has 2 heterocycles. The molecule has 0 aliphatic rings. The van der Waals surface area contributed by atoms with Crippen molar-refractivity contribution in [1.82, 2.24) is 14.8 Å². The summed E-state index contributed by atoms with van der Waals surface area (Å²) in [6.07, 6.45) is 3.34. The summed E-state index contributed by atoms with van der Waals surface area (Å²) >= 11 is 13.3. The van der Waals surface area contributed by atoms with E-state index in [1.54, 1.807) is 36.7 Å². The van der Waals surface area contributed by atoms with Crippen molar-refractivity contribution in [2.75, 3.05) is 5.32 Å². The van der Waals surface area contributed by atoms with Crippen LogP contribution in [0.1, 0.15) is 15.4 Å². The molecule has 6 nitrogen and oxygen atoms in total. The average molecular weight is 383 g/mol. The molecule has 0 spiro atoms. The Morgan fingerprint density at radius 3 is 2.92 bits per heavy atom. The van der Waals surface area contributed by atoms with Gasteiger partial charge >= 0.3 is 0 Å². The van der Waals surface area contributed by atoms with Crippen molar-refractivity contribution in [2.24, 2.45) is 0 Å². The lowest BCUT2D eigenvalue weighted by molar-refractivity contribution is 0.102. The van der Waals surface area contributed by atoms with Gasteiger partial charge in [0.2, 0.25) is 0 Å². The van der Waals surface area contributed by atoms with Crippen LogP contribution >= 0.6 is 34.5 Å². The van der Waals surface area contributed by atoms with Gasteiger partial charge < -0.3 is 4.74 Å². The third kappa shape index (κ3) is 4.05. The van der Waals surface area contributed by atoms with Gasteiger partial charge in [-0.05, 0) is 31.2 Å². The van der Waals surface area contributed by atoms with Crippen LogP contribution in [0.5, 0.6) is 5.75 Å². The molecule has 24 heavy (non-hydrogen) atoms. The predicted molar refractivity (Wildman–Crippen MR) is 94.1 cm³/mol. The Morgan fingerprint density at radius 1 is 1.38 bits per heavy atom. The first kappa shape index (κ1) is 16.8. The first-order valence-electron chi connectivity index (χ1n) is 6.86. The summed E-state index contributed by atoms with van der Waals surface area (Å²) in [5.41, 5.74) is 0.272. The van der Waals surface area contributed by atoms with Crippen molar-refractivity contribution in [3.05, 3.63) is 57.3 Å². The summed E-state index contributed by atoms with van der Waals surface area (Å²) < 4.78 is 7.05. The van der Waals surface area contributed by atoms with Crippen molar-refractivity contribution in [1.29, 1.82) is 0 Å². The zero-order valence-electron chi connectivity index (χ0n) is 12.5. The second kappa shape index (κ2) is 7.21. The second-order valence-corrected chi connectivity index (χ2v) is 6.90. The number of carbonyl (C=O) groups excluding carboxylic acids is 1. The molecule has 0 fully saturated rings. The van der Waals surface area contributed by atoms with E-state index in [-0.39, 0.29) is 18.3 Å². The van der Waals surface area contributed by atoms with Crippen LogP contribution in [-0.2, 0) is 6.73 Å². The number of hydrogen-bond donors (Lipinski definition) is 1. The fourth-order valence-electron chi connectivity index (χ4n) is 1.86. The van der Waals surface area contributed by atoms with E-state index in [9.17, 15) is 4.79 Å². The molecule has 0 unspecified atom stereocenters. The van der Waals surface area contributed by atoms with Crippen molar-refractivity contribution >= 4 is 45.6 Å². The Bertz CT molecular complexity index is 878. The molecule has 3 aromatic rings. The Hall–Kier alpha value is -2.09. The van der Waals surface area contributed by atoms with Crippen molar-refractivity contribution < 1.29 is 9.53 Å². The molecule has 1 N–H and O–H groups in total. The summed E-state index contributed by atoms with van der Waals surface area (Å²) in [4.78, 5) is 17.2. The van der Waals surface area contributed by atoms with Gasteiger partial charge in [0.15, 0.2) is 17.6 Å². The molecule has 1 aromatic carbocycles. The van der Waals surface area contributed by atoms with Crippen LogP contribution < -0.4 is 10.1 Å². The number of carbonyl (C=O) groups is 1. The van der Waals surface area contributed by atoms with Crippen LogP contribution in [-0.4, -0.2) is 20.7 Å². The molecule has 0 saturated heterocycles. The Balaban J connectivity index is 1.61. The average Bonchev–Trinajstić information content (AvgIpc) is 3.15. The second-order valence-electron chi connectivity index (χ2n) is 4.82. The van der Waals surface area contributed by atoms with Gasteiger partial charge in [-0.2, -0.15) is 5.10 Å². The maximum atomic E-state index is 12.1. The molecule has 0 atom stereocenters. The lowest BCUT2D eigenvalue weighted by Gasteiger charge is -2.08. The molecule has 2 aromatic heterocycles. The number of aromatic nitrogens is 3. The monoisotopic (exact) mass is 382 g/mol. The molecule has 9 heteroatoms. The third-order valence-electron chi connectivity index (χ3n) is 2.96. The van der Waals surface area contributed by atoms with Crippen LogP contribution in [0.4, 0.5) is 5.13 Å². The van der Waals surface area contributed by atoms with E-state index in [4.69, 9.17) is 27.9 Å². The largest absolute Gasteiger partial charge is 0.470 e. The minimum Gasteiger partial charge on any atom is -0.470 e. The zero-order valence-corrected chi connectivity index (χ0v) is 14.8. The first-order valence-corrected chi connectivity index (χ1v) is 8.43. The van der Waals surface area contributed by atoms with E-state index >= 15 is 0 Å². The fraction of sp³-hybridized carbons (Fsp3) is 0.133. The maximum Gasteiger partial charge on any atom is 0.277 e. The molecular formula is C15H12Cl2N4O2S. The number of nitrogens with one attached hydrogen (secondary N) is 1. The Labute approximate surface area is 152 Å². The first-order chi connectivity index (χ1) is 11.5. The summed E-state index contributed by atoms with van der Waals surface area (Å²) in [5.74, 6) is 0.161. The molecule has 0 radical (unpaired) electrons. The standard InChI is InChI=1S/C15H12Cl2N4O2S/c1-9-7-18-15(24-9)19-14(22)12-4-5-21(20-12)8-23-13-3-2-10(16)6-11(13)17/h2-7H,8H2,1H3,(H,18,19,22). The van der Waals surface area contributed by atoms with Crippen molar-refractivity contribution in [3.63, 3.8) is 0 Å². The van der Waals surface area contributed by atoms with E-state index < -0.39 is 0 Å².